The molecule has 2 unspecified atom stereocenters. The van der Waals surface area contributed by atoms with E-state index >= 15 is 0 Å². The molecule has 0 bridgehead atoms. The Kier molecular flexibility index (Phi) is 10.7. The topological polar surface area (TPSA) is 9.72 Å². The highest BCUT2D eigenvalue weighted by molar-refractivity contribution is 7.26. The van der Waals surface area contributed by atoms with Gasteiger partial charge >= 0.3 is 0 Å². The molecule has 2 atom stereocenters. The molecule has 9 aromatic rings. The predicted octanol–water partition coefficient (Wildman–Crippen LogP) is 18.8. The maximum absolute atomic E-state index is 2.81. The first-order chi connectivity index (χ1) is 37.1. The first-order valence-corrected chi connectivity index (χ1v) is 30.0. The molecular formula is C73H76BN3S. The fraction of sp³-hybridized carbons (Fsp3) is 0.342. The predicted molar refractivity (Wildman–Crippen MR) is 339 cm³/mol. The smallest absolute Gasteiger partial charge is 0.252 e. The third-order valence-corrected chi connectivity index (χ3v) is 21.3. The lowest BCUT2D eigenvalue weighted by Gasteiger charge is -2.51. The normalized spacial score (nSPS) is 20.8. The van der Waals surface area contributed by atoms with Crippen LogP contribution in [0.15, 0.2) is 152 Å². The number of anilines is 8. The Balaban J connectivity index is 1.10. The van der Waals surface area contributed by atoms with Crippen LogP contribution in [0.2, 0.25) is 0 Å². The number of thiophene rings is 1. The van der Waals surface area contributed by atoms with Crippen LogP contribution in [0.5, 0.6) is 0 Å². The van der Waals surface area contributed by atoms with Crippen molar-refractivity contribution in [3.05, 3.63) is 185 Å². The van der Waals surface area contributed by atoms with Crippen LogP contribution in [-0.4, -0.2) is 12.3 Å². The minimum absolute atomic E-state index is 0.00631. The molecule has 1 aromatic heterocycles. The summed E-state index contributed by atoms with van der Waals surface area (Å²) in [4.78, 5) is 8.24. The van der Waals surface area contributed by atoms with Crippen LogP contribution in [0.4, 0.5) is 45.5 Å². The summed E-state index contributed by atoms with van der Waals surface area (Å²) in [6, 6.07) is 60.4. The maximum atomic E-state index is 2.81. The molecule has 0 radical (unpaired) electrons. The quantitative estimate of drug-likeness (QED) is 0.163. The molecule has 3 nitrogen and oxygen atoms in total. The first-order valence-electron chi connectivity index (χ1n) is 29.2. The van der Waals surface area contributed by atoms with E-state index in [4.69, 9.17) is 0 Å². The van der Waals surface area contributed by atoms with Gasteiger partial charge in [0, 0.05) is 65.3 Å². The van der Waals surface area contributed by atoms with Gasteiger partial charge in [0.15, 0.2) is 0 Å². The molecule has 4 heterocycles. The second kappa shape index (κ2) is 16.7. The third kappa shape index (κ3) is 7.07. The molecule has 8 aromatic carbocycles. The Bertz CT molecular complexity index is 3980. The van der Waals surface area contributed by atoms with Crippen molar-refractivity contribution < 1.29 is 0 Å². The molecule has 1 fully saturated rings. The summed E-state index contributed by atoms with van der Waals surface area (Å²) >= 11 is 1.91. The number of hydrogen-bond acceptors (Lipinski definition) is 4. The van der Waals surface area contributed by atoms with Crippen molar-refractivity contribution in [3.63, 3.8) is 0 Å². The van der Waals surface area contributed by atoms with Crippen LogP contribution in [-0.2, 0) is 27.1 Å². The van der Waals surface area contributed by atoms with Gasteiger partial charge in [-0.05, 0) is 183 Å². The fourth-order valence-electron chi connectivity index (χ4n) is 15.4. The minimum atomic E-state index is -0.0998. The standard InChI is InChI=1S/C73H76BN3S/c1-45-38-62-67-63(39-45)76(59-25-21-27-65-66(59)50-24-17-18-26-64(50)78-65)60-42-49(77-58-33-29-48(69(5,6)7)41-54(58)72(12)34-19-20-35-73(72,77)13)30-31-55(60)74(67)56-43-52-53(71(10,11)37-36-70(52,8)9)44-61(56)75(62)57-32-28-47(68(2,3)4)40-51(57)46-22-15-14-16-23-46/h14-18,21-33,38-44H,19-20,34-37H2,1-13H3. The highest BCUT2D eigenvalue weighted by Crippen LogP contribution is 2.62. The molecule has 0 N–H and O–H groups in total. The Hall–Kier alpha value is -6.56. The molecule has 0 spiro atoms. The number of fused-ring (bicyclic) bond motifs is 11. The van der Waals surface area contributed by atoms with E-state index in [-0.39, 0.29) is 39.3 Å². The molecule has 392 valence electrons. The zero-order valence-electron chi connectivity index (χ0n) is 48.5. The molecule has 2 aliphatic carbocycles. The van der Waals surface area contributed by atoms with Crippen LogP contribution in [0.25, 0.3) is 31.3 Å². The van der Waals surface area contributed by atoms with Crippen molar-refractivity contribution in [1.29, 1.82) is 0 Å². The van der Waals surface area contributed by atoms with Crippen LogP contribution in [0.1, 0.15) is 155 Å². The van der Waals surface area contributed by atoms with E-state index in [1.807, 2.05) is 11.3 Å². The van der Waals surface area contributed by atoms with Gasteiger partial charge in [-0.3, -0.25) is 0 Å². The number of aryl methyl sites for hydroxylation is 1. The van der Waals surface area contributed by atoms with Crippen molar-refractivity contribution in [2.45, 2.75) is 161 Å². The molecule has 3 aliphatic heterocycles. The highest BCUT2D eigenvalue weighted by atomic mass is 32.1. The molecule has 78 heavy (non-hydrogen) atoms. The van der Waals surface area contributed by atoms with Gasteiger partial charge < -0.3 is 14.7 Å². The van der Waals surface area contributed by atoms with Crippen LogP contribution < -0.4 is 31.1 Å². The van der Waals surface area contributed by atoms with Crippen molar-refractivity contribution in [2.24, 2.45) is 0 Å². The summed E-state index contributed by atoms with van der Waals surface area (Å²) in [6.07, 6.45) is 7.16. The molecule has 5 aliphatic rings. The monoisotopic (exact) mass is 1040 g/mol. The summed E-state index contributed by atoms with van der Waals surface area (Å²) in [7, 11) is 0. The lowest BCUT2D eigenvalue weighted by Crippen LogP contribution is -2.62. The van der Waals surface area contributed by atoms with E-state index in [1.165, 1.54) is 146 Å². The van der Waals surface area contributed by atoms with Crippen LogP contribution in [0, 0.1) is 6.92 Å². The lowest BCUT2D eigenvalue weighted by atomic mass is 9.33. The van der Waals surface area contributed by atoms with E-state index in [0.29, 0.717) is 0 Å². The number of hydrogen-bond donors (Lipinski definition) is 0. The zero-order chi connectivity index (χ0) is 54.2. The maximum Gasteiger partial charge on any atom is 0.252 e. The Morgan fingerprint density at radius 3 is 1.81 bits per heavy atom. The van der Waals surface area contributed by atoms with Crippen LogP contribution >= 0.6 is 11.3 Å². The average Bonchev–Trinajstić information content (AvgIpc) is 3.02. The SMILES string of the molecule is Cc1cc2c3c(c1)N(c1cccc4sc5ccccc5c14)c1cc(N4c5ccc(C(C)(C)C)cc5C5(C)CCCCC45C)ccc1B3c1cc3c(cc1N2c1ccc(C(C)(C)C)cc1-c1ccccc1)C(C)(C)CCC3(C)C. The van der Waals surface area contributed by atoms with Crippen molar-refractivity contribution in [3.8, 4) is 11.1 Å². The van der Waals surface area contributed by atoms with Gasteiger partial charge in [-0.25, -0.2) is 0 Å². The summed E-state index contributed by atoms with van der Waals surface area (Å²) < 4.78 is 2.64. The number of rotatable bonds is 4. The lowest BCUT2D eigenvalue weighted by molar-refractivity contribution is 0.195. The molecule has 1 saturated carbocycles. The highest BCUT2D eigenvalue weighted by Gasteiger charge is 2.58. The molecule has 5 heteroatoms. The second-order valence-corrected chi connectivity index (χ2v) is 29.1. The molecular weight excluding hydrogens is 962 g/mol. The molecule has 0 saturated heterocycles. The van der Waals surface area contributed by atoms with E-state index in [1.54, 1.807) is 0 Å². The molecule has 0 amide bonds. The van der Waals surface area contributed by atoms with Gasteiger partial charge in [0.05, 0.1) is 16.9 Å². The average molecular weight is 1040 g/mol. The number of nitrogens with zero attached hydrogens (tertiary/aromatic N) is 3. The van der Waals surface area contributed by atoms with Gasteiger partial charge in [0.2, 0.25) is 0 Å². The van der Waals surface area contributed by atoms with Crippen molar-refractivity contribution >= 4 is 100 Å². The summed E-state index contributed by atoms with van der Waals surface area (Å²) in [5, 5.41) is 2.64. The van der Waals surface area contributed by atoms with Crippen LogP contribution in [0.3, 0.4) is 0 Å². The van der Waals surface area contributed by atoms with Gasteiger partial charge in [0.25, 0.3) is 6.71 Å². The Labute approximate surface area is 469 Å². The van der Waals surface area contributed by atoms with Crippen molar-refractivity contribution in [2.75, 3.05) is 14.7 Å². The fourth-order valence-corrected chi connectivity index (χ4v) is 16.6. The van der Waals surface area contributed by atoms with E-state index < -0.39 is 0 Å². The van der Waals surface area contributed by atoms with Gasteiger partial charge in [-0.15, -0.1) is 11.3 Å². The van der Waals surface area contributed by atoms with Gasteiger partial charge in [-0.2, -0.15) is 0 Å². The summed E-state index contributed by atoms with van der Waals surface area (Å²) in [5.74, 6) is 0. The van der Waals surface area contributed by atoms with Gasteiger partial charge in [0.1, 0.15) is 0 Å². The molecule has 14 rings (SSSR count). The Morgan fingerprint density at radius 1 is 0.474 bits per heavy atom. The van der Waals surface area contributed by atoms with E-state index in [2.05, 4.69) is 256 Å². The van der Waals surface area contributed by atoms with Gasteiger partial charge in [-0.1, -0.05) is 174 Å². The van der Waals surface area contributed by atoms with E-state index in [9.17, 15) is 0 Å². The largest absolute Gasteiger partial charge is 0.334 e. The summed E-state index contributed by atoms with van der Waals surface area (Å²) in [5.41, 5.74) is 25.4. The summed E-state index contributed by atoms with van der Waals surface area (Å²) in [6.45, 7) is 31.6. The zero-order valence-corrected chi connectivity index (χ0v) is 49.3. The Morgan fingerprint density at radius 2 is 1.09 bits per heavy atom. The minimum Gasteiger partial charge on any atom is -0.334 e. The van der Waals surface area contributed by atoms with Crippen molar-refractivity contribution in [1.82, 2.24) is 0 Å². The van der Waals surface area contributed by atoms with E-state index in [0.717, 1.165) is 19.3 Å². The first kappa shape index (κ1) is 49.7. The third-order valence-electron chi connectivity index (χ3n) is 20.2. The second-order valence-electron chi connectivity index (χ2n) is 28.0. The number of benzene rings is 8.